The molecule has 0 bridgehead atoms. The van der Waals surface area contributed by atoms with E-state index < -0.39 is 0 Å². The van der Waals surface area contributed by atoms with Gasteiger partial charge in [-0.3, -0.25) is 0 Å². The molecule has 2 rings (SSSR count). The summed E-state index contributed by atoms with van der Waals surface area (Å²) in [5.74, 6) is 1.02. The maximum absolute atomic E-state index is 5.62. The summed E-state index contributed by atoms with van der Waals surface area (Å²) in [6.45, 7) is 6.49. The van der Waals surface area contributed by atoms with Crippen molar-refractivity contribution >= 4 is 5.69 Å². The first kappa shape index (κ1) is 15.2. The number of benzene rings is 1. The topological polar surface area (TPSA) is 24.5 Å². The van der Waals surface area contributed by atoms with Gasteiger partial charge in [-0.05, 0) is 43.5 Å². The lowest BCUT2D eigenvalue weighted by Crippen LogP contribution is -2.24. The number of hydrogen-bond acceptors (Lipinski definition) is 3. The van der Waals surface area contributed by atoms with Crippen molar-refractivity contribution in [3.63, 3.8) is 0 Å². The van der Waals surface area contributed by atoms with Gasteiger partial charge in [-0.25, -0.2) is 0 Å². The Bertz CT molecular complexity index is 398. The molecule has 3 heteroatoms. The SMILES string of the molecule is CCCNCc1ccc(N2CCCCCC2)c(OC)c1. The Morgan fingerprint density at radius 2 is 1.90 bits per heavy atom. The maximum Gasteiger partial charge on any atom is 0.142 e. The molecule has 1 heterocycles. The van der Waals surface area contributed by atoms with E-state index in [1.165, 1.54) is 43.4 Å². The predicted molar refractivity (Wildman–Crippen MR) is 85.7 cm³/mol. The first-order valence-corrected chi connectivity index (χ1v) is 7.97. The van der Waals surface area contributed by atoms with Gasteiger partial charge in [-0.2, -0.15) is 0 Å². The van der Waals surface area contributed by atoms with Crippen molar-refractivity contribution in [1.29, 1.82) is 0 Å². The largest absolute Gasteiger partial charge is 0.495 e. The number of nitrogens with one attached hydrogen (secondary N) is 1. The fourth-order valence-corrected chi connectivity index (χ4v) is 2.81. The molecule has 1 aliphatic heterocycles. The lowest BCUT2D eigenvalue weighted by atomic mass is 10.1. The molecule has 112 valence electrons. The molecule has 1 aliphatic rings. The van der Waals surface area contributed by atoms with Crippen molar-refractivity contribution in [2.75, 3.05) is 31.6 Å². The third-order valence-electron chi connectivity index (χ3n) is 3.95. The Morgan fingerprint density at radius 3 is 2.55 bits per heavy atom. The average Bonchev–Trinajstić information content (AvgIpc) is 2.76. The van der Waals surface area contributed by atoms with Crippen LogP contribution >= 0.6 is 0 Å². The van der Waals surface area contributed by atoms with E-state index in [0.29, 0.717) is 0 Å². The summed E-state index contributed by atoms with van der Waals surface area (Å²) < 4.78 is 5.62. The van der Waals surface area contributed by atoms with Crippen molar-refractivity contribution in [2.45, 2.75) is 45.6 Å². The van der Waals surface area contributed by atoms with Gasteiger partial charge in [-0.1, -0.05) is 25.8 Å². The van der Waals surface area contributed by atoms with Crippen LogP contribution in [0.3, 0.4) is 0 Å². The molecular weight excluding hydrogens is 248 g/mol. The highest BCUT2D eigenvalue weighted by Gasteiger charge is 2.14. The summed E-state index contributed by atoms with van der Waals surface area (Å²) in [4.78, 5) is 2.48. The molecule has 1 aromatic carbocycles. The molecule has 1 N–H and O–H groups in total. The van der Waals surface area contributed by atoms with Crippen molar-refractivity contribution in [3.05, 3.63) is 23.8 Å². The van der Waals surface area contributed by atoms with Crippen LogP contribution in [0.4, 0.5) is 5.69 Å². The average molecular weight is 276 g/mol. The minimum absolute atomic E-state index is 0.921. The zero-order chi connectivity index (χ0) is 14.2. The Balaban J connectivity index is 2.08. The highest BCUT2D eigenvalue weighted by Crippen LogP contribution is 2.31. The molecule has 0 radical (unpaired) electrons. The second-order valence-electron chi connectivity index (χ2n) is 5.58. The van der Waals surface area contributed by atoms with Crippen LogP contribution < -0.4 is 15.0 Å². The van der Waals surface area contributed by atoms with Crippen LogP contribution in [-0.4, -0.2) is 26.7 Å². The zero-order valence-electron chi connectivity index (χ0n) is 13.0. The van der Waals surface area contributed by atoms with Gasteiger partial charge in [0, 0.05) is 19.6 Å². The molecule has 20 heavy (non-hydrogen) atoms. The van der Waals surface area contributed by atoms with Crippen molar-refractivity contribution in [3.8, 4) is 5.75 Å². The number of methoxy groups -OCH3 is 1. The van der Waals surface area contributed by atoms with Gasteiger partial charge < -0.3 is 15.0 Å². The lowest BCUT2D eigenvalue weighted by Gasteiger charge is -2.25. The minimum atomic E-state index is 0.921. The third-order valence-corrected chi connectivity index (χ3v) is 3.95. The zero-order valence-corrected chi connectivity index (χ0v) is 13.0. The smallest absolute Gasteiger partial charge is 0.142 e. The molecule has 0 spiro atoms. The van der Waals surface area contributed by atoms with E-state index in [9.17, 15) is 0 Å². The van der Waals surface area contributed by atoms with E-state index in [2.05, 4.69) is 35.3 Å². The molecule has 0 unspecified atom stereocenters. The van der Waals surface area contributed by atoms with E-state index in [-0.39, 0.29) is 0 Å². The Hall–Kier alpha value is -1.22. The summed E-state index contributed by atoms with van der Waals surface area (Å²) in [6, 6.07) is 6.64. The van der Waals surface area contributed by atoms with Gasteiger partial charge >= 0.3 is 0 Å². The maximum atomic E-state index is 5.62. The molecular formula is C17H28N2O. The van der Waals surface area contributed by atoms with Crippen LogP contribution in [-0.2, 0) is 6.54 Å². The van der Waals surface area contributed by atoms with Crippen LogP contribution in [0.2, 0.25) is 0 Å². The number of rotatable bonds is 6. The van der Waals surface area contributed by atoms with Crippen molar-refractivity contribution < 1.29 is 4.74 Å². The summed E-state index contributed by atoms with van der Waals surface area (Å²) in [5.41, 5.74) is 2.56. The van der Waals surface area contributed by atoms with Gasteiger partial charge in [-0.15, -0.1) is 0 Å². The molecule has 0 saturated carbocycles. The molecule has 1 aromatic rings. The third kappa shape index (κ3) is 4.14. The van der Waals surface area contributed by atoms with Crippen molar-refractivity contribution in [2.24, 2.45) is 0 Å². The van der Waals surface area contributed by atoms with E-state index in [1.807, 2.05) is 0 Å². The molecule has 1 saturated heterocycles. The summed E-state index contributed by atoms with van der Waals surface area (Å²) in [7, 11) is 1.78. The van der Waals surface area contributed by atoms with E-state index in [1.54, 1.807) is 7.11 Å². The molecule has 0 aromatic heterocycles. The second kappa shape index (κ2) is 8.15. The number of ether oxygens (including phenoxy) is 1. The normalized spacial score (nSPS) is 16.0. The van der Waals surface area contributed by atoms with E-state index in [0.717, 1.165) is 31.9 Å². The summed E-state index contributed by atoms with van der Waals surface area (Å²) in [6.07, 6.45) is 6.48. The van der Waals surface area contributed by atoms with Gasteiger partial charge in [0.25, 0.3) is 0 Å². The Morgan fingerprint density at radius 1 is 1.15 bits per heavy atom. The molecule has 0 atom stereocenters. The van der Waals surface area contributed by atoms with Crippen LogP contribution in [0.1, 0.15) is 44.6 Å². The van der Waals surface area contributed by atoms with Crippen LogP contribution in [0.15, 0.2) is 18.2 Å². The van der Waals surface area contributed by atoms with Crippen molar-refractivity contribution in [1.82, 2.24) is 5.32 Å². The number of anilines is 1. The molecule has 1 fully saturated rings. The molecule has 0 aliphatic carbocycles. The van der Waals surface area contributed by atoms with Gasteiger partial charge in [0.2, 0.25) is 0 Å². The molecule has 0 amide bonds. The van der Waals surface area contributed by atoms with Gasteiger partial charge in [0.15, 0.2) is 0 Å². The first-order valence-electron chi connectivity index (χ1n) is 7.97. The predicted octanol–water partition coefficient (Wildman–Crippen LogP) is 3.58. The highest BCUT2D eigenvalue weighted by atomic mass is 16.5. The second-order valence-corrected chi connectivity index (χ2v) is 5.58. The quantitative estimate of drug-likeness (QED) is 0.804. The number of hydrogen-bond donors (Lipinski definition) is 1. The van der Waals surface area contributed by atoms with Crippen LogP contribution in [0.5, 0.6) is 5.75 Å². The molecule has 3 nitrogen and oxygen atoms in total. The monoisotopic (exact) mass is 276 g/mol. The minimum Gasteiger partial charge on any atom is -0.495 e. The van der Waals surface area contributed by atoms with E-state index in [4.69, 9.17) is 4.74 Å². The number of nitrogens with zero attached hydrogens (tertiary/aromatic N) is 1. The fraction of sp³-hybridized carbons (Fsp3) is 0.647. The first-order chi connectivity index (χ1) is 9.85. The lowest BCUT2D eigenvalue weighted by molar-refractivity contribution is 0.413. The van der Waals surface area contributed by atoms with Crippen LogP contribution in [0, 0.1) is 0 Å². The Labute approximate surface area is 123 Å². The standard InChI is InChI=1S/C17H28N2O/c1-3-10-18-14-15-8-9-16(17(13-15)20-2)19-11-6-4-5-7-12-19/h8-9,13,18H,3-7,10-12,14H2,1-2H3. The highest BCUT2D eigenvalue weighted by molar-refractivity contribution is 5.60. The van der Waals surface area contributed by atoms with Gasteiger partial charge in [0.05, 0.1) is 12.8 Å². The summed E-state index contributed by atoms with van der Waals surface area (Å²) >= 11 is 0. The summed E-state index contributed by atoms with van der Waals surface area (Å²) in [5, 5.41) is 3.44. The fourth-order valence-electron chi connectivity index (χ4n) is 2.81. The van der Waals surface area contributed by atoms with Crippen LogP contribution in [0.25, 0.3) is 0 Å². The van der Waals surface area contributed by atoms with Gasteiger partial charge in [0.1, 0.15) is 5.75 Å². The van der Waals surface area contributed by atoms with E-state index >= 15 is 0 Å². The Kier molecular flexibility index (Phi) is 6.19.